The average molecular weight is 434 g/mol. The van der Waals surface area contributed by atoms with E-state index in [1.54, 1.807) is 0 Å². The smallest absolute Gasteiger partial charge is 0.192 e. The highest BCUT2D eigenvalue weighted by atomic mass is 28.4. The van der Waals surface area contributed by atoms with E-state index in [9.17, 15) is 5.21 Å². The van der Waals surface area contributed by atoms with Crippen LogP contribution >= 0.6 is 0 Å². The molecule has 0 heterocycles. The first-order valence-electron chi connectivity index (χ1n) is 11.0. The van der Waals surface area contributed by atoms with Gasteiger partial charge in [-0.15, -0.1) is 0 Å². The molecule has 3 aromatic rings. The number of hydroxylamine groups is 2. The maximum atomic E-state index is 11.7. The zero-order chi connectivity index (χ0) is 22.5. The molecule has 0 radical (unpaired) electrons. The first kappa shape index (κ1) is 23.4. The lowest BCUT2D eigenvalue weighted by atomic mass is 9.96. The van der Waals surface area contributed by atoms with Gasteiger partial charge in [0.15, 0.2) is 8.32 Å². The van der Waals surface area contributed by atoms with Crippen LogP contribution in [0.4, 0.5) is 0 Å². The second-order valence-electron chi connectivity index (χ2n) is 9.60. The Bertz CT molecular complexity index is 884. The molecule has 0 saturated carbocycles. The standard InChI is InChI=1S/C27H35NO2Si/c1-27(2,3)31(4,5)30-21-25(22-15-9-6-10-16-22)28(29)26(23-17-11-7-12-18-23)24-19-13-8-14-20-24/h6-20,25-26,29H,21H2,1-5H3/t25-/m1/s1. The molecule has 164 valence electrons. The Morgan fingerprint density at radius 3 is 1.52 bits per heavy atom. The van der Waals surface area contributed by atoms with Crippen molar-refractivity contribution in [3.05, 3.63) is 108 Å². The quantitative estimate of drug-likeness (QED) is 0.300. The molecule has 0 aliphatic rings. The minimum atomic E-state index is -1.98. The summed E-state index contributed by atoms with van der Waals surface area (Å²) in [6.07, 6.45) is 0. The van der Waals surface area contributed by atoms with Gasteiger partial charge < -0.3 is 9.63 Å². The summed E-state index contributed by atoms with van der Waals surface area (Å²) >= 11 is 0. The van der Waals surface area contributed by atoms with Crippen molar-refractivity contribution in [2.75, 3.05) is 6.61 Å². The Kier molecular flexibility index (Phi) is 7.49. The Morgan fingerprint density at radius 2 is 1.13 bits per heavy atom. The molecule has 4 heteroatoms. The van der Waals surface area contributed by atoms with Gasteiger partial charge in [-0.25, -0.2) is 0 Å². The second kappa shape index (κ2) is 9.92. The Balaban J connectivity index is 2.00. The molecule has 3 aromatic carbocycles. The Hall–Kier alpha value is -2.24. The Morgan fingerprint density at radius 1 is 0.742 bits per heavy atom. The van der Waals surface area contributed by atoms with Gasteiger partial charge in [-0.05, 0) is 34.8 Å². The third-order valence-electron chi connectivity index (χ3n) is 6.41. The van der Waals surface area contributed by atoms with Crippen LogP contribution in [-0.4, -0.2) is 25.2 Å². The molecule has 0 fully saturated rings. The molecule has 31 heavy (non-hydrogen) atoms. The van der Waals surface area contributed by atoms with E-state index in [1.807, 2.05) is 54.6 Å². The lowest BCUT2D eigenvalue weighted by molar-refractivity contribution is -0.162. The van der Waals surface area contributed by atoms with E-state index in [0.717, 1.165) is 16.7 Å². The summed E-state index contributed by atoms with van der Waals surface area (Å²) in [5, 5.41) is 13.3. The van der Waals surface area contributed by atoms with Gasteiger partial charge in [0.2, 0.25) is 0 Å². The summed E-state index contributed by atoms with van der Waals surface area (Å²) in [5.74, 6) is 0. The molecule has 0 amide bonds. The van der Waals surface area contributed by atoms with E-state index in [0.29, 0.717) is 6.61 Å². The molecular weight excluding hydrogens is 398 g/mol. The highest BCUT2D eigenvalue weighted by Crippen LogP contribution is 2.39. The molecule has 0 aromatic heterocycles. The van der Waals surface area contributed by atoms with Crippen LogP contribution in [0.5, 0.6) is 0 Å². The fourth-order valence-electron chi connectivity index (χ4n) is 3.45. The van der Waals surface area contributed by atoms with Gasteiger partial charge in [0, 0.05) is 0 Å². The van der Waals surface area contributed by atoms with Gasteiger partial charge in [-0.2, -0.15) is 5.06 Å². The Labute approximate surface area is 188 Å². The van der Waals surface area contributed by atoms with E-state index < -0.39 is 8.32 Å². The molecular formula is C27H35NO2Si. The molecule has 0 spiro atoms. The maximum Gasteiger partial charge on any atom is 0.192 e. The van der Waals surface area contributed by atoms with Crippen LogP contribution < -0.4 is 0 Å². The van der Waals surface area contributed by atoms with Crippen LogP contribution in [0, 0.1) is 0 Å². The van der Waals surface area contributed by atoms with Crippen LogP contribution in [-0.2, 0) is 4.43 Å². The molecule has 0 saturated heterocycles. The summed E-state index contributed by atoms with van der Waals surface area (Å²) in [7, 11) is -1.98. The monoisotopic (exact) mass is 433 g/mol. The van der Waals surface area contributed by atoms with E-state index in [2.05, 4.69) is 70.3 Å². The SMILES string of the molecule is CC(C)(C)[Si](C)(C)OC[C@H](c1ccccc1)N(O)C(c1ccccc1)c1ccccc1. The molecule has 1 atom stereocenters. The number of hydrogen-bond donors (Lipinski definition) is 1. The minimum Gasteiger partial charge on any atom is -0.415 e. The van der Waals surface area contributed by atoms with Gasteiger partial charge in [0.25, 0.3) is 0 Å². The highest BCUT2D eigenvalue weighted by Gasteiger charge is 2.39. The first-order valence-corrected chi connectivity index (χ1v) is 13.9. The van der Waals surface area contributed by atoms with E-state index >= 15 is 0 Å². The summed E-state index contributed by atoms with van der Waals surface area (Å²) in [6, 6.07) is 29.9. The largest absolute Gasteiger partial charge is 0.415 e. The van der Waals surface area contributed by atoms with Crippen LogP contribution in [0.1, 0.15) is 49.5 Å². The molecule has 1 N–H and O–H groups in total. The summed E-state index contributed by atoms with van der Waals surface area (Å²) in [5.41, 5.74) is 3.13. The van der Waals surface area contributed by atoms with Gasteiger partial charge in [0.1, 0.15) is 0 Å². The predicted molar refractivity (Wildman–Crippen MR) is 131 cm³/mol. The highest BCUT2D eigenvalue weighted by molar-refractivity contribution is 6.74. The fraction of sp³-hybridized carbons (Fsp3) is 0.333. The van der Waals surface area contributed by atoms with Crippen molar-refractivity contribution in [3.8, 4) is 0 Å². The van der Waals surface area contributed by atoms with Crippen LogP contribution in [0.3, 0.4) is 0 Å². The molecule has 3 nitrogen and oxygen atoms in total. The van der Waals surface area contributed by atoms with E-state index in [1.165, 1.54) is 5.06 Å². The molecule has 0 bridgehead atoms. The number of benzene rings is 3. The van der Waals surface area contributed by atoms with Crippen molar-refractivity contribution in [3.63, 3.8) is 0 Å². The van der Waals surface area contributed by atoms with Crippen molar-refractivity contribution >= 4 is 8.32 Å². The van der Waals surface area contributed by atoms with Gasteiger partial charge in [-0.3, -0.25) is 0 Å². The van der Waals surface area contributed by atoms with Gasteiger partial charge in [-0.1, -0.05) is 112 Å². The zero-order valence-electron chi connectivity index (χ0n) is 19.3. The number of rotatable bonds is 8. The third-order valence-corrected chi connectivity index (χ3v) is 10.9. The zero-order valence-corrected chi connectivity index (χ0v) is 20.3. The lowest BCUT2D eigenvalue weighted by Gasteiger charge is -2.40. The number of hydrogen-bond acceptors (Lipinski definition) is 3. The number of nitrogens with zero attached hydrogens (tertiary/aromatic N) is 1. The molecule has 0 unspecified atom stereocenters. The van der Waals surface area contributed by atoms with Crippen LogP contribution in [0.25, 0.3) is 0 Å². The van der Waals surface area contributed by atoms with E-state index in [4.69, 9.17) is 4.43 Å². The summed E-state index contributed by atoms with van der Waals surface area (Å²) in [6.45, 7) is 11.7. The lowest BCUT2D eigenvalue weighted by Crippen LogP contribution is -2.43. The maximum absolute atomic E-state index is 11.7. The minimum absolute atomic E-state index is 0.104. The van der Waals surface area contributed by atoms with Crippen molar-refractivity contribution in [1.82, 2.24) is 5.06 Å². The molecule has 3 rings (SSSR count). The third kappa shape index (κ3) is 5.72. The van der Waals surface area contributed by atoms with Crippen molar-refractivity contribution in [1.29, 1.82) is 0 Å². The summed E-state index contributed by atoms with van der Waals surface area (Å²) in [4.78, 5) is 0. The van der Waals surface area contributed by atoms with Crippen molar-refractivity contribution < 1.29 is 9.63 Å². The van der Waals surface area contributed by atoms with E-state index in [-0.39, 0.29) is 17.1 Å². The van der Waals surface area contributed by atoms with Crippen LogP contribution in [0.15, 0.2) is 91.0 Å². The normalized spacial score (nSPS) is 13.5. The van der Waals surface area contributed by atoms with Gasteiger partial charge in [0.05, 0.1) is 18.7 Å². The van der Waals surface area contributed by atoms with Crippen LogP contribution in [0.2, 0.25) is 18.1 Å². The van der Waals surface area contributed by atoms with Gasteiger partial charge >= 0.3 is 0 Å². The second-order valence-corrected chi connectivity index (χ2v) is 14.4. The predicted octanol–water partition coefficient (Wildman–Crippen LogP) is 7.23. The average Bonchev–Trinajstić information content (AvgIpc) is 2.75. The van der Waals surface area contributed by atoms with Crippen molar-refractivity contribution in [2.24, 2.45) is 0 Å². The topological polar surface area (TPSA) is 32.7 Å². The summed E-state index contributed by atoms with van der Waals surface area (Å²) < 4.78 is 6.59. The van der Waals surface area contributed by atoms with Crippen molar-refractivity contribution in [2.45, 2.75) is 51.0 Å². The fourth-order valence-corrected chi connectivity index (χ4v) is 4.46. The molecule has 0 aliphatic carbocycles. The molecule has 0 aliphatic heterocycles. The first-order chi connectivity index (χ1) is 14.7.